The van der Waals surface area contributed by atoms with Gasteiger partial charge in [0.15, 0.2) is 0 Å². The van der Waals surface area contributed by atoms with Crippen molar-refractivity contribution in [1.82, 2.24) is 9.88 Å². The minimum Gasteiger partial charge on any atom is -0.410 e. The molecule has 2 heterocycles. The number of alkyl halides is 1. The number of rotatable bonds is 7. The molecule has 1 amide bonds. The number of sulfone groups is 1. The first-order chi connectivity index (χ1) is 18.6. The van der Waals surface area contributed by atoms with Crippen LogP contribution in [0.15, 0.2) is 48.1 Å². The molecule has 0 saturated heterocycles. The standard InChI is InChI=1S/C29H32Cl2N2O5S/c1-18-16-19(4-11-26(18)37-14-3-15-39(2,35)36)28-27-23(24-17-21(31)7-10-25(24)32-27)12-13-33(28)29(34)38-22-8-5-20(30)6-9-22/h4-6,8-11,16-18,21,26,28,32H,3,7,12-15H2,1-2H3. The Kier molecular flexibility index (Phi) is 8.29. The number of halogens is 2. The van der Waals surface area contributed by atoms with Crippen LogP contribution >= 0.6 is 23.2 Å². The lowest BCUT2D eigenvalue weighted by Crippen LogP contribution is -2.43. The van der Waals surface area contributed by atoms with Gasteiger partial charge in [-0.15, -0.1) is 11.6 Å². The second-order valence-electron chi connectivity index (χ2n) is 10.3. The Bertz CT molecular complexity index is 1530. The van der Waals surface area contributed by atoms with E-state index in [1.165, 1.54) is 11.8 Å². The Balaban J connectivity index is 1.43. The van der Waals surface area contributed by atoms with Gasteiger partial charge in [-0.05, 0) is 54.7 Å². The van der Waals surface area contributed by atoms with Gasteiger partial charge in [0.2, 0.25) is 0 Å². The number of amides is 1. The van der Waals surface area contributed by atoms with Gasteiger partial charge >= 0.3 is 6.09 Å². The third-order valence-corrected chi connectivity index (χ3v) is 8.87. The summed E-state index contributed by atoms with van der Waals surface area (Å²) in [5.74, 6) is 0.552. The number of nitrogens with zero attached hydrogens (tertiary/aromatic N) is 1. The second kappa shape index (κ2) is 11.5. The van der Waals surface area contributed by atoms with Gasteiger partial charge in [0.05, 0.1) is 17.2 Å². The monoisotopic (exact) mass is 590 g/mol. The quantitative estimate of drug-likeness (QED) is 0.384. The summed E-state index contributed by atoms with van der Waals surface area (Å²) in [6, 6.07) is 6.35. The molecule has 1 aromatic heterocycles. The first-order valence-electron chi connectivity index (χ1n) is 13.1. The van der Waals surface area contributed by atoms with Crippen molar-refractivity contribution in [2.24, 2.45) is 5.92 Å². The van der Waals surface area contributed by atoms with E-state index >= 15 is 0 Å². The second-order valence-corrected chi connectivity index (χ2v) is 13.6. The van der Waals surface area contributed by atoms with Crippen LogP contribution in [-0.4, -0.2) is 61.0 Å². The molecule has 0 radical (unpaired) electrons. The average Bonchev–Trinajstić information content (AvgIpc) is 3.25. The molecule has 2 aromatic rings. The lowest BCUT2D eigenvalue weighted by molar-refractivity contribution is 0.0615. The van der Waals surface area contributed by atoms with Crippen molar-refractivity contribution in [2.45, 2.75) is 43.7 Å². The zero-order valence-corrected chi connectivity index (χ0v) is 24.2. The molecule has 0 spiro atoms. The highest BCUT2D eigenvalue weighted by Gasteiger charge is 2.37. The molecular weight excluding hydrogens is 559 g/mol. The van der Waals surface area contributed by atoms with E-state index in [0.717, 1.165) is 28.3 Å². The van der Waals surface area contributed by atoms with Crippen LogP contribution in [0.4, 0.5) is 4.79 Å². The first-order valence-corrected chi connectivity index (χ1v) is 16.0. The fourth-order valence-electron chi connectivity index (χ4n) is 5.42. The fourth-order valence-corrected chi connectivity index (χ4v) is 6.40. The molecule has 10 heteroatoms. The number of carbonyl (C=O) groups is 1. The zero-order chi connectivity index (χ0) is 27.7. The number of ether oxygens (including phenoxy) is 2. The predicted molar refractivity (Wildman–Crippen MR) is 154 cm³/mol. The summed E-state index contributed by atoms with van der Waals surface area (Å²) in [4.78, 5) is 18.8. The highest BCUT2D eigenvalue weighted by molar-refractivity contribution is 7.90. The minimum absolute atomic E-state index is 0.0256. The minimum atomic E-state index is -3.02. The van der Waals surface area contributed by atoms with Crippen molar-refractivity contribution < 1.29 is 22.7 Å². The summed E-state index contributed by atoms with van der Waals surface area (Å²) in [7, 11) is -3.02. The Labute approximate surface area is 238 Å². The van der Waals surface area contributed by atoms with Gasteiger partial charge in [0, 0.05) is 46.6 Å². The topological polar surface area (TPSA) is 88.7 Å². The van der Waals surface area contributed by atoms with E-state index in [4.69, 9.17) is 32.7 Å². The molecule has 208 valence electrons. The van der Waals surface area contributed by atoms with Crippen LogP contribution in [0.5, 0.6) is 5.75 Å². The molecular formula is C29H32Cl2N2O5S. The Morgan fingerprint density at radius 1 is 1.21 bits per heavy atom. The average molecular weight is 592 g/mol. The van der Waals surface area contributed by atoms with Crippen LogP contribution in [0, 0.1) is 5.92 Å². The molecule has 7 nitrogen and oxygen atoms in total. The summed E-state index contributed by atoms with van der Waals surface area (Å²) in [6.45, 7) is 2.90. The van der Waals surface area contributed by atoms with Crippen molar-refractivity contribution in [3.63, 3.8) is 0 Å². The first kappa shape index (κ1) is 28.0. The highest BCUT2D eigenvalue weighted by atomic mass is 35.5. The maximum absolute atomic E-state index is 13.5. The maximum atomic E-state index is 13.5. The third kappa shape index (κ3) is 6.46. The molecule has 0 saturated carbocycles. The van der Waals surface area contributed by atoms with Crippen molar-refractivity contribution in [3.05, 3.63) is 74.9 Å². The van der Waals surface area contributed by atoms with Crippen LogP contribution in [0.3, 0.4) is 0 Å². The molecule has 3 aliphatic rings. The fraction of sp³-hybridized carbons (Fsp3) is 0.414. The van der Waals surface area contributed by atoms with Crippen molar-refractivity contribution >= 4 is 51.3 Å². The van der Waals surface area contributed by atoms with Crippen LogP contribution in [0.1, 0.15) is 37.1 Å². The third-order valence-electron chi connectivity index (χ3n) is 7.28. The molecule has 0 fully saturated rings. The number of aromatic amines is 1. The van der Waals surface area contributed by atoms with E-state index in [-0.39, 0.29) is 29.2 Å². The van der Waals surface area contributed by atoms with E-state index in [1.807, 2.05) is 12.2 Å². The molecule has 4 atom stereocenters. The summed E-state index contributed by atoms with van der Waals surface area (Å²) >= 11 is 12.5. The molecule has 1 aromatic carbocycles. The van der Waals surface area contributed by atoms with Crippen molar-refractivity contribution in [3.8, 4) is 5.75 Å². The van der Waals surface area contributed by atoms with Gasteiger partial charge in [-0.1, -0.05) is 48.9 Å². The van der Waals surface area contributed by atoms with Crippen molar-refractivity contribution in [2.75, 3.05) is 25.2 Å². The summed E-state index contributed by atoms with van der Waals surface area (Å²) in [5.41, 5.74) is 3.11. The summed E-state index contributed by atoms with van der Waals surface area (Å²) in [5, 5.41) is 2.66. The molecule has 4 unspecified atom stereocenters. The van der Waals surface area contributed by atoms with Crippen LogP contribution < -0.4 is 15.3 Å². The molecule has 1 N–H and O–H groups in total. The lowest BCUT2D eigenvalue weighted by atomic mass is 9.86. The molecule has 2 aliphatic carbocycles. The van der Waals surface area contributed by atoms with E-state index < -0.39 is 15.9 Å². The SMILES string of the molecule is CC1C=C(C2c3[nH]c4c(c3CCN2C(=O)Oc2ccc(Cl)cc2)=CC(Cl)CC=4)C=CC1OCCCS(C)(=O)=O. The molecule has 1 aliphatic heterocycles. The predicted octanol–water partition coefficient (Wildman–Crippen LogP) is 4.29. The largest absolute Gasteiger partial charge is 0.416 e. The normalized spacial score (nSPS) is 24.2. The smallest absolute Gasteiger partial charge is 0.410 e. The van der Waals surface area contributed by atoms with E-state index in [0.29, 0.717) is 36.8 Å². The molecule has 5 rings (SSSR count). The summed E-state index contributed by atoms with van der Waals surface area (Å²) < 4.78 is 34.6. The Hall–Kier alpha value is -2.52. The maximum Gasteiger partial charge on any atom is 0.416 e. The lowest BCUT2D eigenvalue weighted by Gasteiger charge is -2.37. The van der Waals surface area contributed by atoms with Gasteiger partial charge in [-0.3, -0.25) is 4.90 Å². The number of hydrogen-bond acceptors (Lipinski definition) is 5. The molecule has 39 heavy (non-hydrogen) atoms. The zero-order valence-electron chi connectivity index (χ0n) is 21.9. The van der Waals surface area contributed by atoms with Gasteiger partial charge in [-0.25, -0.2) is 13.2 Å². The van der Waals surface area contributed by atoms with Gasteiger partial charge < -0.3 is 14.5 Å². The number of fused-ring (bicyclic) bond motifs is 3. The van der Waals surface area contributed by atoms with Crippen LogP contribution in [-0.2, 0) is 21.0 Å². The number of aromatic nitrogens is 1. The van der Waals surface area contributed by atoms with Gasteiger partial charge in [0.25, 0.3) is 0 Å². The number of nitrogens with one attached hydrogen (secondary N) is 1. The number of hydrogen-bond donors (Lipinski definition) is 1. The molecule has 0 bridgehead atoms. The Morgan fingerprint density at radius 2 is 1.97 bits per heavy atom. The van der Waals surface area contributed by atoms with Crippen molar-refractivity contribution in [1.29, 1.82) is 0 Å². The van der Waals surface area contributed by atoms with E-state index in [2.05, 4.69) is 30.1 Å². The van der Waals surface area contributed by atoms with Gasteiger partial charge in [-0.2, -0.15) is 0 Å². The summed E-state index contributed by atoms with van der Waals surface area (Å²) in [6.07, 6.45) is 12.8. The van der Waals surface area contributed by atoms with E-state index in [9.17, 15) is 13.2 Å². The number of benzene rings is 1. The van der Waals surface area contributed by atoms with Crippen LogP contribution in [0.25, 0.3) is 12.2 Å². The Morgan fingerprint density at radius 3 is 2.69 bits per heavy atom. The number of H-pyrrole nitrogens is 1. The number of carbonyl (C=O) groups excluding carboxylic acids is 1. The van der Waals surface area contributed by atoms with E-state index in [1.54, 1.807) is 29.2 Å². The van der Waals surface area contributed by atoms with Gasteiger partial charge in [0.1, 0.15) is 21.6 Å². The van der Waals surface area contributed by atoms with Crippen LogP contribution in [0.2, 0.25) is 5.02 Å². The highest BCUT2D eigenvalue weighted by Crippen LogP contribution is 2.37.